The van der Waals surface area contributed by atoms with Crippen LogP contribution in [-0.2, 0) is 48.7 Å². The minimum absolute atomic E-state index is 0. The standard InChI is InChI=1S/C26H32N5O.C11H21N3O.C2H6.Y/c1-18-12-20(14-23-16-28-29-26(18)23)13-19(2)30-31-10-8-21(9-11-31)24(17-32)15-22-6-4-5-7-25(22)27-3;1-12-4-2-11(3-5-12)14-8-6-13(10-15)7-9-14;1-2;/h4-7,12,14-17,19,21,27H,8-11,13H2,1-3H3,(H,28,29);10-11H,2-9H2,1H3;1-2H3;/q-1;;;/b24-15+;;;/t19-;;;/m0.../s1. The molecule has 2 aromatic carbocycles. The predicted molar refractivity (Wildman–Crippen MR) is 203 cm³/mol. The first-order valence-electron chi connectivity index (χ1n) is 18.3. The maximum absolute atomic E-state index is 11.8. The van der Waals surface area contributed by atoms with E-state index in [4.69, 9.17) is 5.43 Å². The third-order valence-electron chi connectivity index (χ3n) is 10.0. The van der Waals surface area contributed by atoms with Gasteiger partial charge >= 0.3 is 0 Å². The number of nitrogens with zero attached hydrogens (tertiary/aromatic N) is 6. The van der Waals surface area contributed by atoms with Gasteiger partial charge in [0, 0.05) is 83.1 Å². The molecule has 271 valence electrons. The quantitative estimate of drug-likeness (QED) is 0.193. The van der Waals surface area contributed by atoms with Crippen molar-refractivity contribution in [3.05, 3.63) is 70.3 Å². The van der Waals surface area contributed by atoms with Gasteiger partial charge in [-0.3, -0.25) is 19.6 Å². The molecule has 1 radical (unpaired) electrons. The number of piperidine rings is 2. The zero-order chi connectivity index (χ0) is 35.2. The molecular formula is C39H59N8O2Y-. The van der Waals surface area contributed by atoms with Crippen molar-refractivity contribution < 1.29 is 42.3 Å². The zero-order valence-electron chi connectivity index (χ0n) is 31.3. The number of hydrogen-bond donors (Lipinski definition) is 2. The first kappa shape index (κ1) is 42.0. The fourth-order valence-electron chi connectivity index (χ4n) is 7.25. The van der Waals surface area contributed by atoms with Crippen LogP contribution in [0.4, 0.5) is 5.69 Å². The van der Waals surface area contributed by atoms with Gasteiger partial charge in [0.15, 0.2) is 0 Å². The molecule has 0 unspecified atom stereocenters. The predicted octanol–water partition coefficient (Wildman–Crippen LogP) is 6.01. The van der Waals surface area contributed by atoms with Crippen molar-refractivity contribution in [2.24, 2.45) is 5.92 Å². The summed E-state index contributed by atoms with van der Waals surface area (Å²) in [5, 5.41) is 13.8. The molecule has 11 heteroatoms. The van der Waals surface area contributed by atoms with E-state index in [-0.39, 0.29) is 44.7 Å². The Balaban J connectivity index is 0.000000315. The van der Waals surface area contributed by atoms with Gasteiger partial charge in [-0.05, 0) is 119 Å². The molecule has 3 aliphatic heterocycles. The van der Waals surface area contributed by atoms with Crippen LogP contribution in [0, 0.1) is 12.8 Å². The Labute approximate surface area is 325 Å². The summed E-state index contributed by atoms with van der Waals surface area (Å²) in [4.78, 5) is 29.3. The number of allylic oxidation sites excluding steroid dienone is 1. The fraction of sp³-hybridized carbons (Fsp3) is 0.564. The van der Waals surface area contributed by atoms with E-state index in [0.717, 1.165) is 105 Å². The largest absolute Gasteiger partial charge is 0.592 e. The number of likely N-dealkylation sites (tertiary alicyclic amines) is 1. The van der Waals surface area contributed by atoms with E-state index >= 15 is 0 Å². The molecule has 1 aromatic heterocycles. The van der Waals surface area contributed by atoms with Gasteiger partial charge in [-0.25, -0.2) is 0 Å². The summed E-state index contributed by atoms with van der Waals surface area (Å²) < 4.78 is 0. The normalized spacial score (nSPS) is 19.0. The summed E-state index contributed by atoms with van der Waals surface area (Å²) in [6.07, 6.45) is 11.3. The Kier molecular flexibility index (Phi) is 18.3. The monoisotopic (exact) mass is 760 g/mol. The van der Waals surface area contributed by atoms with Crippen molar-refractivity contribution in [3.63, 3.8) is 0 Å². The second kappa shape index (κ2) is 21.8. The number of benzene rings is 2. The summed E-state index contributed by atoms with van der Waals surface area (Å²) >= 11 is 0. The molecule has 2 N–H and O–H groups in total. The maximum atomic E-state index is 11.8. The van der Waals surface area contributed by atoms with Crippen molar-refractivity contribution in [2.45, 2.75) is 71.9 Å². The minimum Gasteiger partial charge on any atom is -0.592 e. The van der Waals surface area contributed by atoms with Crippen LogP contribution in [0.2, 0.25) is 0 Å². The molecular weight excluding hydrogens is 701 g/mol. The second-order valence-corrected chi connectivity index (χ2v) is 13.5. The first-order chi connectivity index (χ1) is 23.9. The number of H-pyrrole nitrogens is 1. The molecule has 50 heavy (non-hydrogen) atoms. The maximum Gasteiger partial charge on any atom is 0.209 e. The first-order valence-corrected chi connectivity index (χ1v) is 18.3. The van der Waals surface area contributed by atoms with Crippen LogP contribution in [-0.4, -0.2) is 121 Å². The van der Waals surface area contributed by atoms with Crippen molar-refractivity contribution >= 4 is 35.4 Å². The van der Waals surface area contributed by atoms with Crippen LogP contribution in [0.3, 0.4) is 0 Å². The average molecular weight is 761 g/mol. The van der Waals surface area contributed by atoms with E-state index in [9.17, 15) is 9.59 Å². The molecule has 3 aromatic rings. The number of nitrogens with one attached hydrogen (secondary N) is 2. The van der Waals surface area contributed by atoms with E-state index < -0.39 is 0 Å². The van der Waals surface area contributed by atoms with Crippen LogP contribution in [0.5, 0.6) is 0 Å². The van der Waals surface area contributed by atoms with Gasteiger partial charge in [-0.2, -0.15) is 5.10 Å². The number of hydrogen-bond acceptors (Lipinski definition) is 7. The molecule has 0 bridgehead atoms. The molecule has 0 aliphatic carbocycles. The number of rotatable bonds is 10. The zero-order valence-corrected chi connectivity index (χ0v) is 34.1. The number of piperazine rings is 1. The summed E-state index contributed by atoms with van der Waals surface area (Å²) in [6, 6.07) is 13.5. The number of fused-ring (bicyclic) bond motifs is 1. The minimum atomic E-state index is 0. The van der Waals surface area contributed by atoms with Gasteiger partial charge in [-0.15, -0.1) is 6.04 Å². The van der Waals surface area contributed by atoms with Gasteiger partial charge in [0.2, 0.25) is 6.41 Å². The number of aryl methyl sites for hydroxylation is 1. The summed E-state index contributed by atoms with van der Waals surface area (Å²) in [5.74, 6) is 0.283. The van der Waals surface area contributed by atoms with E-state index in [2.05, 4.69) is 63.4 Å². The van der Waals surface area contributed by atoms with E-state index in [1.165, 1.54) is 37.1 Å². The molecule has 3 fully saturated rings. The van der Waals surface area contributed by atoms with Crippen molar-refractivity contribution in [3.8, 4) is 0 Å². The van der Waals surface area contributed by atoms with E-state index in [1.807, 2.05) is 62.3 Å². The SMILES string of the molecule is CC.CN1CCC(N2CCN(C=O)CC2)CC1.CNc1ccccc1/C=C(\C=O)C1CCN([N-][C@@H](C)Cc2cc(C)c3[nH]ncc3c2)CC1.[Y]. The summed E-state index contributed by atoms with van der Waals surface area (Å²) in [5.41, 5.74) is 11.5. The molecule has 0 saturated carbocycles. The van der Waals surface area contributed by atoms with Crippen molar-refractivity contribution in [1.82, 2.24) is 29.9 Å². The second-order valence-electron chi connectivity index (χ2n) is 13.5. The topological polar surface area (TPSA) is 102 Å². The molecule has 3 saturated heterocycles. The average Bonchev–Trinajstić information content (AvgIpc) is 3.62. The smallest absolute Gasteiger partial charge is 0.209 e. The number of aromatic nitrogens is 2. The Morgan fingerprint density at radius 1 is 1.00 bits per heavy atom. The van der Waals surface area contributed by atoms with E-state index in [0.29, 0.717) is 0 Å². The Bertz CT molecular complexity index is 1470. The van der Waals surface area contributed by atoms with Crippen LogP contribution >= 0.6 is 0 Å². The van der Waals surface area contributed by atoms with Gasteiger partial charge in [-0.1, -0.05) is 45.0 Å². The Morgan fingerprint density at radius 2 is 1.68 bits per heavy atom. The van der Waals surface area contributed by atoms with Gasteiger partial charge in [0.1, 0.15) is 6.29 Å². The van der Waals surface area contributed by atoms with Crippen molar-refractivity contribution in [1.29, 1.82) is 0 Å². The number of aldehydes is 1. The Hall–Kier alpha value is -2.47. The van der Waals surface area contributed by atoms with Gasteiger partial charge < -0.3 is 25.6 Å². The molecule has 3 aliphatic rings. The molecule has 4 heterocycles. The number of para-hydroxylation sites is 1. The van der Waals surface area contributed by atoms with Crippen LogP contribution in [0.25, 0.3) is 22.4 Å². The molecule has 1 atom stereocenters. The fourth-order valence-corrected chi connectivity index (χ4v) is 7.25. The third kappa shape index (κ3) is 12.1. The number of amides is 1. The van der Waals surface area contributed by atoms with Gasteiger partial charge in [0.05, 0.1) is 11.7 Å². The number of anilines is 1. The number of carbonyl (C=O) groups excluding carboxylic acids is 2. The molecule has 0 spiro atoms. The number of carbonyl (C=O) groups is 2. The third-order valence-corrected chi connectivity index (χ3v) is 10.0. The molecule has 6 rings (SSSR count). The Morgan fingerprint density at radius 3 is 2.32 bits per heavy atom. The summed E-state index contributed by atoms with van der Waals surface area (Å²) in [6.45, 7) is 16.4. The van der Waals surface area contributed by atoms with Crippen LogP contribution in [0.1, 0.15) is 63.1 Å². The molecule has 10 nitrogen and oxygen atoms in total. The van der Waals surface area contributed by atoms with Crippen LogP contribution < -0.4 is 5.32 Å². The van der Waals surface area contributed by atoms with Gasteiger partial charge in [0.25, 0.3) is 0 Å². The summed E-state index contributed by atoms with van der Waals surface area (Å²) in [7, 11) is 4.10. The van der Waals surface area contributed by atoms with E-state index in [1.54, 1.807) is 0 Å². The molecule has 1 amide bonds. The number of aromatic amines is 1. The van der Waals surface area contributed by atoms with Crippen molar-refractivity contribution in [2.75, 3.05) is 71.8 Å². The van der Waals surface area contributed by atoms with Crippen LogP contribution in [0.15, 0.2) is 48.2 Å².